The first-order valence-corrected chi connectivity index (χ1v) is 24.2. The lowest BCUT2D eigenvalue weighted by Gasteiger charge is -2.43. The fourth-order valence-corrected chi connectivity index (χ4v) is 19.9. The van der Waals surface area contributed by atoms with Crippen molar-refractivity contribution < 1.29 is 69.6 Å². The van der Waals surface area contributed by atoms with Crippen LogP contribution in [0.4, 0.5) is 0 Å². The molecule has 0 aliphatic rings. The van der Waals surface area contributed by atoms with E-state index in [-0.39, 0.29) is 79.3 Å². The summed E-state index contributed by atoms with van der Waals surface area (Å²) in [5.41, 5.74) is 0. The topological polar surface area (TPSA) is 148 Å². The summed E-state index contributed by atoms with van der Waals surface area (Å²) in [4.78, 5) is 0. The van der Waals surface area contributed by atoms with Crippen LogP contribution >= 0.6 is 0 Å². The molecule has 0 aliphatic carbocycles. The van der Waals surface area contributed by atoms with Crippen LogP contribution in [0.3, 0.4) is 0 Å². The normalized spacial score (nSPS) is 13.6. The second kappa shape index (κ2) is 24.6. The molecule has 16 nitrogen and oxygen atoms in total. The van der Waals surface area contributed by atoms with E-state index in [2.05, 4.69) is 0 Å². The molecular formula is C24H60O16Si5. The molecule has 0 N–H and O–H groups in total. The van der Waals surface area contributed by atoms with E-state index in [0.29, 0.717) is 0 Å². The number of hydrogen-bond acceptors (Lipinski definition) is 16. The van der Waals surface area contributed by atoms with Crippen molar-refractivity contribution in [3.63, 3.8) is 0 Å². The molecule has 0 aromatic carbocycles. The Morgan fingerprint density at radius 1 is 0.200 bits per heavy atom. The highest BCUT2D eigenvalue weighted by Crippen LogP contribution is 2.34. The van der Waals surface area contributed by atoms with E-state index < -0.39 is 45.2 Å². The van der Waals surface area contributed by atoms with Crippen LogP contribution in [-0.2, 0) is 69.6 Å². The Kier molecular flexibility index (Phi) is 24.8. The molecule has 0 aromatic rings. The molecule has 0 saturated heterocycles. The Morgan fingerprint density at radius 3 is 0.400 bits per heavy atom. The van der Waals surface area contributed by atoms with Crippen LogP contribution in [-0.4, -0.2) is 125 Å². The second-order valence-electron chi connectivity index (χ2n) is 8.10. The Labute approximate surface area is 276 Å². The van der Waals surface area contributed by atoms with Crippen molar-refractivity contribution >= 4 is 45.2 Å². The summed E-state index contributed by atoms with van der Waals surface area (Å²) in [5.74, 6) is 0. The van der Waals surface area contributed by atoms with Crippen LogP contribution < -0.4 is 0 Å². The zero-order valence-electron chi connectivity index (χ0n) is 29.5. The van der Waals surface area contributed by atoms with Gasteiger partial charge in [-0.2, -0.15) is 0 Å². The molecule has 0 unspecified atom stereocenters. The molecule has 0 aromatic heterocycles. The molecule has 0 aliphatic heterocycles. The summed E-state index contributed by atoms with van der Waals surface area (Å²) in [5, 5.41) is 0. The van der Waals surface area contributed by atoms with Gasteiger partial charge < -0.3 is 69.6 Å². The van der Waals surface area contributed by atoms with Gasteiger partial charge in [-0.15, -0.1) is 0 Å². The summed E-state index contributed by atoms with van der Waals surface area (Å²) >= 11 is 0. The van der Waals surface area contributed by atoms with E-state index in [1.54, 1.807) is 83.1 Å². The quantitative estimate of drug-likeness (QED) is 0.0922. The predicted octanol–water partition coefficient (Wildman–Crippen LogP) is 3.67. The summed E-state index contributed by atoms with van der Waals surface area (Å²) < 4.78 is 100. The highest BCUT2D eigenvalue weighted by atomic mass is 28.6. The minimum atomic E-state index is -5.04. The molecule has 0 amide bonds. The molecule has 0 radical (unpaired) electrons. The lowest BCUT2D eigenvalue weighted by atomic mass is 10.9. The summed E-state index contributed by atoms with van der Waals surface area (Å²) in [6, 6.07) is 0. The van der Waals surface area contributed by atoms with E-state index >= 15 is 0 Å². The minimum absolute atomic E-state index is 0.150. The molecule has 21 heteroatoms. The third kappa shape index (κ3) is 15.3. The smallest absolute Gasteiger partial charge is 0.352 e. The van der Waals surface area contributed by atoms with E-state index in [0.717, 1.165) is 0 Å². The first kappa shape index (κ1) is 45.4. The van der Waals surface area contributed by atoms with Crippen molar-refractivity contribution in [2.45, 2.75) is 83.1 Å². The van der Waals surface area contributed by atoms with Crippen LogP contribution in [0.1, 0.15) is 83.1 Å². The Bertz CT molecular complexity index is 545. The Morgan fingerprint density at radius 2 is 0.311 bits per heavy atom. The van der Waals surface area contributed by atoms with Crippen molar-refractivity contribution in [1.82, 2.24) is 0 Å². The van der Waals surface area contributed by atoms with Crippen molar-refractivity contribution in [1.29, 1.82) is 0 Å². The summed E-state index contributed by atoms with van der Waals surface area (Å²) in [6.45, 7) is 23.1. The minimum Gasteiger partial charge on any atom is -0.352 e. The van der Waals surface area contributed by atoms with Gasteiger partial charge in [-0.25, -0.2) is 0 Å². The molecular weight excluding hydrogens is 685 g/mol. The van der Waals surface area contributed by atoms with E-state index in [4.69, 9.17) is 69.6 Å². The van der Waals surface area contributed by atoms with Gasteiger partial charge in [0.05, 0.1) is 0 Å². The first-order valence-electron chi connectivity index (χ1n) is 16.0. The molecule has 0 bridgehead atoms. The molecule has 0 spiro atoms. The first-order chi connectivity index (χ1) is 21.6. The highest BCUT2D eigenvalue weighted by molar-refractivity contribution is 6.82. The molecule has 45 heavy (non-hydrogen) atoms. The van der Waals surface area contributed by atoms with Crippen LogP contribution in [0.15, 0.2) is 0 Å². The molecule has 0 heterocycles. The van der Waals surface area contributed by atoms with Crippen LogP contribution in [0.5, 0.6) is 0 Å². The predicted molar refractivity (Wildman–Crippen MR) is 173 cm³/mol. The van der Waals surface area contributed by atoms with Crippen LogP contribution in [0, 0.1) is 0 Å². The monoisotopic (exact) mass is 744 g/mol. The van der Waals surface area contributed by atoms with Crippen molar-refractivity contribution in [3.8, 4) is 0 Å². The fourth-order valence-electron chi connectivity index (χ4n) is 3.71. The third-order valence-corrected chi connectivity index (χ3v) is 20.6. The molecule has 0 saturated carbocycles. The van der Waals surface area contributed by atoms with Crippen LogP contribution in [0.25, 0.3) is 0 Å². The van der Waals surface area contributed by atoms with Crippen molar-refractivity contribution in [2.24, 2.45) is 0 Å². The average Bonchev–Trinajstić information content (AvgIpc) is 2.94. The molecule has 0 fully saturated rings. The van der Waals surface area contributed by atoms with Crippen molar-refractivity contribution in [2.75, 3.05) is 79.3 Å². The van der Waals surface area contributed by atoms with Crippen molar-refractivity contribution in [3.05, 3.63) is 0 Å². The van der Waals surface area contributed by atoms with Gasteiger partial charge in [0, 0.05) is 79.3 Å². The SMILES string of the molecule is CCO[Si](OCC)(OCC)O[Si](O[Si](OCC)(OCC)OCC)(O[Si](OCC)(OCC)OCC)O[Si](OCC)(OCC)OCC. The zero-order valence-corrected chi connectivity index (χ0v) is 34.5. The van der Waals surface area contributed by atoms with E-state index in [9.17, 15) is 0 Å². The van der Waals surface area contributed by atoms with Gasteiger partial charge in [0.1, 0.15) is 0 Å². The van der Waals surface area contributed by atoms with Crippen LogP contribution in [0.2, 0.25) is 0 Å². The van der Waals surface area contributed by atoms with E-state index in [1.165, 1.54) is 0 Å². The standard InChI is InChI=1S/C24H60O16Si5/c1-13-25-41(26-14-2,27-15-3)37-45(38-42(28-16-4,29-17-5)30-18-6,39-43(31-19-7,32-20-8)33-21-9)40-44(34-22-10,35-23-11)36-24-12/h13-24H2,1-12H3. The largest absolute Gasteiger partial charge is 0.673 e. The maximum Gasteiger partial charge on any atom is 0.673 e. The number of hydrogen-bond donors (Lipinski definition) is 0. The fraction of sp³-hybridized carbons (Fsp3) is 1.00. The van der Waals surface area contributed by atoms with Gasteiger partial charge in [-0.3, -0.25) is 0 Å². The van der Waals surface area contributed by atoms with Gasteiger partial charge in [0.15, 0.2) is 0 Å². The molecule has 272 valence electrons. The lowest BCUT2D eigenvalue weighted by Crippen LogP contribution is -2.74. The maximum atomic E-state index is 6.76. The zero-order chi connectivity index (χ0) is 34.3. The average molecular weight is 745 g/mol. The lowest BCUT2D eigenvalue weighted by molar-refractivity contribution is -0.0934. The van der Waals surface area contributed by atoms with Gasteiger partial charge in [0.25, 0.3) is 0 Å². The van der Waals surface area contributed by atoms with Gasteiger partial charge in [-0.05, 0) is 83.1 Å². The summed E-state index contributed by atoms with van der Waals surface area (Å²) in [6.07, 6.45) is 0. The maximum absolute atomic E-state index is 6.76. The summed E-state index contributed by atoms with van der Waals surface area (Å²) in [7, 11) is -21.8. The molecule has 0 rings (SSSR count). The Hall–Kier alpha value is 0.444. The van der Waals surface area contributed by atoms with Gasteiger partial charge in [0.2, 0.25) is 0 Å². The van der Waals surface area contributed by atoms with Gasteiger partial charge >= 0.3 is 45.2 Å². The highest BCUT2D eigenvalue weighted by Gasteiger charge is 2.74. The van der Waals surface area contributed by atoms with Gasteiger partial charge in [-0.1, -0.05) is 0 Å². The molecule has 0 atom stereocenters. The third-order valence-electron chi connectivity index (χ3n) is 4.85. The van der Waals surface area contributed by atoms with E-state index in [1.807, 2.05) is 0 Å². The second-order valence-corrected chi connectivity index (χ2v) is 19.8. The number of rotatable bonds is 32. The Balaban J connectivity index is 8.09.